The van der Waals surface area contributed by atoms with E-state index in [4.69, 9.17) is 9.72 Å². The summed E-state index contributed by atoms with van der Waals surface area (Å²) < 4.78 is 20.1. The van der Waals surface area contributed by atoms with Crippen molar-refractivity contribution in [1.82, 2.24) is 9.55 Å². The Labute approximate surface area is 204 Å². The van der Waals surface area contributed by atoms with Gasteiger partial charge in [0.1, 0.15) is 16.4 Å². The van der Waals surface area contributed by atoms with Gasteiger partial charge in [0.05, 0.1) is 12.5 Å². The van der Waals surface area contributed by atoms with Crippen LogP contribution in [-0.4, -0.2) is 28.3 Å². The number of aromatic nitrogens is 2. The summed E-state index contributed by atoms with van der Waals surface area (Å²) in [5.41, 5.74) is 1.95. The molecule has 1 amide bonds. The van der Waals surface area contributed by atoms with Crippen LogP contribution in [0.4, 0.5) is 10.1 Å². The Morgan fingerprint density at radius 3 is 2.82 bits per heavy atom. The number of amides is 1. The zero-order valence-corrected chi connectivity index (χ0v) is 20.0. The van der Waals surface area contributed by atoms with E-state index in [2.05, 4.69) is 11.9 Å². The third-order valence-corrected chi connectivity index (χ3v) is 6.89. The molecule has 0 fully saturated rings. The zero-order valence-electron chi connectivity index (χ0n) is 18.4. The van der Waals surface area contributed by atoms with Crippen LogP contribution in [-0.2, 0) is 11.3 Å². The number of carbonyl (C=O) groups is 1. The van der Waals surface area contributed by atoms with Gasteiger partial charge >= 0.3 is 0 Å². The molecule has 1 N–H and O–H groups in total. The minimum absolute atomic E-state index is 0.144. The minimum Gasteiger partial charge on any atom is -0.497 e. The fraction of sp³-hybridized carbons (Fsp3) is 0.160. The van der Waals surface area contributed by atoms with E-state index in [-0.39, 0.29) is 23.7 Å². The fourth-order valence-electron chi connectivity index (χ4n) is 3.41. The van der Waals surface area contributed by atoms with Crippen molar-refractivity contribution in [3.8, 4) is 16.9 Å². The number of hydrogen-bond donors (Lipinski definition) is 1. The molecule has 4 aromatic rings. The number of anilines is 1. The Hall–Kier alpha value is -3.43. The number of hydrogen-bond acceptors (Lipinski definition) is 6. The Balaban J connectivity index is 1.53. The molecule has 0 bridgehead atoms. The zero-order chi connectivity index (χ0) is 24.1. The molecule has 0 aliphatic heterocycles. The van der Waals surface area contributed by atoms with E-state index in [1.807, 2.05) is 5.38 Å². The fourth-order valence-corrected chi connectivity index (χ4v) is 5.34. The van der Waals surface area contributed by atoms with Crippen LogP contribution >= 0.6 is 23.1 Å². The Bertz CT molecular complexity index is 1400. The molecule has 2 aromatic carbocycles. The van der Waals surface area contributed by atoms with Gasteiger partial charge in [-0.3, -0.25) is 14.2 Å². The van der Waals surface area contributed by atoms with E-state index in [0.717, 1.165) is 11.1 Å². The normalized spacial score (nSPS) is 10.9. The molecule has 0 saturated heterocycles. The first kappa shape index (κ1) is 23.7. The van der Waals surface area contributed by atoms with Crippen LogP contribution < -0.4 is 15.6 Å². The van der Waals surface area contributed by atoms with Crippen molar-refractivity contribution >= 4 is 44.9 Å². The molecule has 0 radical (unpaired) electrons. The average Bonchev–Trinajstić information content (AvgIpc) is 3.26. The molecule has 4 rings (SSSR count). The maximum absolute atomic E-state index is 13.4. The van der Waals surface area contributed by atoms with E-state index >= 15 is 0 Å². The molecular formula is C25H22FN3O3S2. The third-order valence-electron chi connectivity index (χ3n) is 5.04. The van der Waals surface area contributed by atoms with Gasteiger partial charge in [-0.25, -0.2) is 9.37 Å². The molecule has 9 heteroatoms. The van der Waals surface area contributed by atoms with Crippen molar-refractivity contribution in [2.75, 3.05) is 18.2 Å². The highest BCUT2D eigenvalue weighted by atomic mass is 32.2. The first-order chi connectivity index (χ1) is 16.5. The summed E-state index contributed by atoms with van der Waals surface area (Å²) in [7, 11) is 1.57. The molecule has 0 atom stereocenters. The Morgan fingerprint density at radius 1 is 1.29 bits per heavy atom. The highest BCUT2D eigenvalue weighted by Gasteiger charge is 2.17. The second-order valence-electron chi connectivity index (χ2n) is 7.31. The van der Waals surface area contributed by atoms with Crippen molar-refractivity contribution < 1.29 is 13.9 Å². The lowest BCUT2D eigenvalue weighted by Gasteiger charge is -2.11. The van der Waals surface area contributed by atoms with Crippen molar-refractivity contribution in [3.63, 3.8) is 0 Å². The molecule has 0 aliphatic rings. The molecule has 0 spiro atoms. The number of thioether (sulfide) groups is 1. The van der Waals surface area contributed by atoms with Crippen LogP contribution in [0.1, 0.15) is 6.42 Å². The standard InChI is InChI=1S/C25H22FN3O3S2/c1-3-12-29-24(31)22-20(16-7-9-17(26)10-8-16)15-34-23(22)28-25(29)33-13-11-21(30)27-18-5-4-6-19(14-18)32-2/h3-10,14-15H,1,11-13H2,2H3,(H,27,30). The number of benzene rings is 2. The van der Waals surface area contributed by atoms with E-state index in [0.29, 0.717) is 39.1 Å². The van der Waals surface area contributed by atoms with E-state index < -0.39 is 0 Å². The van der Waals surface area contributed by atoms with Gasteiger partial charge in [0.25, 0.3) is 5.56 Å². The second-order valence-corrected chi connectivity index (χ2v) is 9.23. The largest absolute Gasteiger partial charge is 0.497 e. The monoisotopic (exact) mass is 495 g/mol. The molecule has 2 heterocycles. The summed E-state index contributed by atoms with van der Waals surface area (Å²) in [6.07, 6.45) is 1.88. The highest BCUT2D eigenvalue weighted by molar-refractivity contribution is 7.99. The highest BCUT2D eigenvalue weighted by Crippen LogP contribution is 2.32. The van der Waals surface area contributed by atoms with Gasteiger partial charge < -0.3 is 10.1 Å². The number of methoxy groups -OCH3 is 1. The van der Waals surface area contributed by atoms with Crippen molar-refractivity contribution in [2.24, 2.45) is 0 Å². The lowest BCUT2D eigenvalue weighted by molar-refractivity contribution is -0.115. The van der Waals surface area contributed by atoms with Crippen LogP contribution in [0.25, 0.3) is 21.3 Å². The molecule has 0 aliphatic carbocycles. The predicted molar refractivity (Wildman–Crippen MR) is 136 cm³/mol. The maximum Gasteiger partial charge on any atom is 0.263 e. The van der Waals surface area contributed by atoms with Crippen molar-refractivity contribution in [3.05, 3.63) is 82.7 Å². The minimum atomic E-state index is -0.334. The number of halogens is 1. The van der Waals surface area contributed by atoms with Gasteiger partial charge in [-0.15, -0.1) is 17.9 Å². The molecule has 0 unspecified atom stereocenters. The lowest BCUT2D eigenvalue weighted by Crippen LogP contribution is -2.23. The first-order valence-electron chi connectivity index (χ1n) is 10.5. The number of allylic oxidation sites excluding steroid dienone is 1. The average molecular weight is 496 g/mol. The molecule has 2 aromatic heterocycles. The van der Waals surface area contributed by atoms with Crippen molar-refractivity contribution in [2.45, 2.75) is 18.1 Å². The summed E-state index contributed by atoms with van der Waals surface area (Å²) in [5, 5.41) is 5.73. The smallest absolute Gasteiger partial charge is 0.263 e. The van der Waals surface area contributed by atoms with Crippen LogP contribution in [0.3, 0.4) is 0 Å². The number of nitrogens with one attached hydrogen (secondary N) is 1. The number of fused-ring (bicyclic) bond motifs is 1. The number of rotatable bonds is 9. The van der Waals surface area contributed by atoms with E-state index in [1.54, 1.807) is 54.2 Å². The summed E-state index contributed by atoms with van der Waals surface area (Å²) in [5.74, 6) is 0.629. The third kappa shape index (κ3) is 5.21. The number of nitrogens with zero attached hydrogens (tertiary/aromatic N) is 2. The summed E-state index contributed by atoms with van der Waals surface area (Å²) in [6, 6.07) is 13.2. The van der Waals surface area contributed by atoms with Crippen LogP contribution in [0.5, 0.6) is 5.75 Å². The Morgan fingerprint density at radius 2 is 2.09 bits per heavy atom. The van der Waals surface area contributed by atoms with Crippen LogP contribution in [0, 0.1) is 5.82 Å². The van der Waals surface area contributed by atoms with Gasteiger partial charge in [-0.2, -0.15) is 0 Å². The topological polar surface area (TPSA) is 73.2 Å². The van der Waals surface area contributed by atoms with Gasteiger partial charge in [-0.1, -0.05) is 36.0 Å². The molecule has 174 valence electrons. The summed E-state index contributed by atoms with van der Waals surface area (Å²) in [4.78, 5) is 31.0. The number of carbonyl (C=O) groups excluding carboxylic acids is 1. The van der Waals surface area contributed by atoms with Crippen molar-refractivity contribution in [1.29, 1.82) is 0 Å². The van der Waals surface area contributed by atoms with E-state index in [1.165, 1.54) is 35.2 Å². The SMILES string of the molecule is C=CCn1c(SCCC(=O)Nc2cccc(OC)c2)nc2scc(-c3ccc(F)cc3)c2c1=O. The number of thiophene rings is 1. The maximum atomic E-state index is 13.4. The second kappa shape index (κ2) is 10.7. The molecular weight excluding hydrogens is 473 g/mol. The Kier molecular flexibility index (Phi) is 7.44. The van der Waals surface area contributed by atoms with E-state index in [9.17, 15) is 14.0 Å². The van der Waals surface area contributed by atoms with Gasteiger partial charge in [0, 0.05) is 41.4 Å². The molecule has 34 heavy (non-hydrogen) atoms. The summed E-state index contributed by atoms with van der Waals surface area (Å²) in [6.45, 7) is 4.05. The molecule has 0 saturated carbocycles. The molecule has 6 nitrogen and oxygen atoms in total. The predicted octanol–water partition coefficient (Wildman–Crippen LogP) is 5.58. The van der Waals surface area contributed by atoms with Gasteiger partial charge in [0.2, 0.25) is 5.91 Å². The van der Waals surface area contributed by atoms with Crippen LogP contribution in [0.15, 0.2) is 76.5 Å². The van der Waals surface area contributed by atoms with Gasteiger partial charge in [0.15, 0.2) is 5.16 Å². The quantitative estimate of drug-likeness (QED) is 0.186. The number of ether oxygens (including phenoxy) is 1. The lowest BCUT2D eigenvalue weighted by atomic mass is 10.1. The first-order valence-corrected chi connectivity index (χ1v) is 12.3. The summed E-state index contributed by atoms with van der Waals surface area (Å²) >= 11 is 2.71. The van der Waals surface area contributed by atoms with Gasteiger partial charge in [-0.05, 0) is 29.8 Å². The van der Waals surface area contributed by atoms with Crippen LogP contribution in [0.2, 0.25) is 0 Å².